The summed E-state index contributed by atoms with van der Waals surface area (Å²) < 4.78 is 71.3. The number of sulfonamides is 1. The number of nitrogens with zero attached hydrogens (tertiary/aromatic N) is 4. The number of hydrogen-bond donors (Lipinski definition) is 1. The molecule has 0 unspecified atom stereocenters. The zero-order valence-corrected chi connectivity index (χ0v) is 33.0. The van der Waals surface area contributed by atoms with Gasteiger partial charge in [0, 0.05) is 50.8 Å². The first kappa shape index (κ1) is 41.8. The summed E-state index contributed by atoms with van der Waals surface area (Å²) >= 11 is 12.7. The van der Waals surface area contributed by atoms with Crippen LogP contribution in [0.4, 0.5) is 14.5 Å². The minimum absolute atomic E-state index is 0.00200. The van der Waals surface area contributed by atoms with Gasteiger partial charge in [-0.15, -0.1) is 0 Å². The predicted molar refractivity (Wildman–Crippen MR) is 202 cm³/mol. The molecule has 1 saturated heterocycles. The number of anilines is 1. The van der Waals surface area contributed by atoms with Crippen LogP contribution >= 0.6 is 23.2 Å². The molecule has 306 valence electrons. The monoisotopic (exact) mass is 853 g/mol. The number of hydrogen-bond acceptors (Lipinski definition) is 11. The van der Waals surface area contributed by atoms with E-state index in [1.807, 2.05) is 0 Å². The smallest absolute Gasteiger partial charge is 0.387 e. The van der Waals surface area contributed by atoms with Gasteiger partial charge in [0.15, 0.2) is 23.9 Å². The number of aromatic nitrogens is 1. The van der Waals surface area contributed by atoms with E-state index in [-0.39, 0.29) is 80.1 Å². The van der Waals surface area contributed by atoms with Gasteiger partial charge in [0.1, 0.15) is 22.7 Å². The van der Waals surface area contributed by atoms with E-state index in [4.69, 9.17) is 32.7 Å². The van der Waals surface area contributed by atoms with E-state index >= 15 is 0 Å². The summed E-state index contributed by atoms with van der Waals surface area (Å²) in [5.74, 6) is -3.00. The quantitative estimate of drug-likeness (QED) is 0.0879. The van der Waals surface area contributed by atoms with Crippen molar-refractivity contribution in [1.29, 1.82) is 0 Å². The number of benzene rings is 2. The molecule has 57 heavy (non-hydrogen) atoms. The molecule has 1 aliphatic carbocycles. The fraction of sp³-hybridized carbons (Fsp3) is 0.432. The van der Waals surface area contributed by atoms with Gasteiger partial charge in [-0.25, -0.2) is 8.42 Å². The van der Waals surface area contributed by atoms with Crippen molar-refractivity contribution < 1.29 is 55.3 Å². The zero-order chi connectivity index (χ0) is 41.0. The lowest BCUT2D eigenvalue weighted by atomic mass is 10.0. The third-order valence-electron chi connectivity index (χ3n) is 9.68. The van der Waals surface area contributed by atoms with E-state index in [0.717, 1.165) is 25.2 Å². The van der Waals surface area contributed by atoms with Crippen molar-refractivity contribution in [2.75, 3.05) is 56.4 Å². The van der Waals surface area contributed by atoms with Gasteiger partial charge in [-0.05, 0) is 67.6 Å². The maximum absolute atomic E-state index is 13.5. The molecule has 3 aliphatic rings. The number of ether oxygens (including phenoxy) is 3. The highest BCUT2D eigenvalue weighted by Crippen LogP contribution is 2.38. The molecule has 20 heteroatoms. The van der Waals surface area contributed by atoms with Crippen molar-refractivity contribution in [3.8, 4) is 11.5 Å². The highest BCUT2D eigenvalue weighted by atomic mass is 35.5. The molecule has 0 spiro atoms. The average molecular weight is 855 g/mol. The molecule has 1 atom stereocenters. The van der Waals surface area contributed by atoms with Gasteiger partial charge < -0.3 is 24.3 Å². The molecule has 1 N–H and O–H groups in total. The van der Waals surface area contributed by atoms with Gasteiger partial charge in [0.2, 0.25) is 15.9 Å². The topological polar surface area (TPSA) is 179 Å². The molecule has 0 bridgehead atoms. The third-order valence-corrected chi connectivity index (χ3v) is 11.7. The summed E-state index contributed by atoms with van der Waals surface area (Å²) in [4.78, 5) is 56.4. The fourth-order valence-corrected chi connectivity index (χ4v) is 8.18. The molecule has 3 aromatic rings. The summed E-state index contributed by atoms with van der Waals surface area (Å²) in [7, 11) is -3.85. The normalized spacial score (nSPS) is 16.5. The summed E-state index contributed by atoms with van der Waals surface area (Å²) in [5, 5.41) is 11.8. The summed E-state index contributed by atoms with van der Waals surface area (Å²) in [5.41, 5.74) is 0.299. The molecule has 2 fully saturated rings. The first-order valence-corrected chi connectivity index (χ1v) is 20.4. The molecule has 6 rings (SSSR count). The maximum atomic E-state index is 13.5. The van der Waals surface area contributed by atoms with E-state index in [2.05, 4.69) is 14.4 Å². The van der Waals surface area contributed by atoms with Crippen LogP contribution in [0, 0.1) is 11.1 Å². The lowest BCUT2D eigenvalue weighted by Crippen LogP contribution is -2.48. The standard InChI is InChI=1S/C37H39Cl2F2N5O10S/c1-22(47)44-12-10-43(11-13-44)9-2-14-57(52,53)42-25-6-7-26-27(16-25)36(50)46(35(26)49)20-34(48)55-32(17-28-29(38)18-45(51)19-30(28)39)24-5-8-31(56-37(40)41)33(15-24)54-21-23-3-4-23/h5-8,15-16,18-19,23,32,37,42H,2-4,9-14,17,20-21H2,1H3/t32-/m0/s1. The molecular formula is C37H39Cl2F2N5O10S. The molecule has 1 saturated carbocycles. The lowest BCUT2D eigenvalue weighted by Gasteiger charge is -2.34. The number of fused-ring (bicyclic) bond motifs is 1. The lowest BCUT2D eigenvalue weighted by molar-refractivity contribution is -0.605. The third kappa shape index (κ3) is 10.8. The van der Waals surface area contributed by atoms with Crippen molar-refractivity contribution in [3.05, 3.63) is 86.3 Å². The highest BCUT2D eigenvalue weighted by molar-refractivity contribution is 7.92. The Morgan fingerprint density at radius 3 is 2.32 bits per heavy atom. The van der Waals surface area contributed by atoms with Crippen molar-refractivity contribution in [1.82, 2.24) is 14.7 Å². The Bertz CT molecular complexity index is 2130. The molecule has 1 aromatic heterocycles. The number of rotatable bonds is 17. The molecule has 3 heterocycles. The van der Waals surface area contributed by atoms with Gasteiger partial charge >= 0.3 is 12.6 Å². The van der Waals surface area contributed by atoms with Crippen LogP contribution in [0.3, 0.4) is 0 Å². The van der Waals surface area contributed by atoms with Crippen LogP contribution in [0.1, 0.15) is 64.1 Å². The number of pyridine rings is 1. The SMILES string of the molecule is CC(=O)N1CCN(CCCS(=O)(=O)Nc2ccc3c(c2)C(=O)N(CC(=O)O[C@@H](Cc2c(Cl)c[n+]([O-])cc2Cl)c2ccc(OC(F)F)c(OCC4CC4)c2)C3=O)CC1. The van der Waals surface area contributed by atoms with Crippen LogP contribution in [-0.2, 0) is 30.8 Å². The summed E-state index contributed by atoms with van der Waals surface area (Å²) in [6.45, 7) is 0.677. The number of esters is 1. The number of piperazine rings is 1. The first-order chi connectivity index (χ1) is 27.1. The van der Waals surface area contributed by atoms with E-state index in [9.17, 15) is 41.6 Å². The van der Waals surface area contributed by atoms with Crippen LogP contribution in [0.5, 0.6) is 11.5 Å². The van der Waals surface area contributed by atoms with Gasteiger partial charge in [-0.2, -0.15) is 13.5 Å². The Hall–Kier alpha value is -4.78. The molecule has 3 amide bonds. The largest absolute Gasteiger partial charge is 0.619 e. The van der Waals surface area contributed by atoms with Crippen LogP contribution < -0.4 is 18.9 Å². The van der Waals surface area contributed by atoms with Crippen molar-refractivity contribution in [3.63, 3.8) is 0 Å². The summed E-state index contributed by atoms with van der Waals surface area (Å²) in [6.07, 6.45) is 2.75. The number of carbonyl (C=O) groups excluding carboxylic acids is 4. The fourth-order valence-electron chi connectivity index (χ4n) is 6.48. The first-order valence-electron chi connectivity index (χ1n) is 18.0. The summed E-state index contributed by atoms with van der Waals surface area (Å²) in [6, 6.07) is 7.78. The molecule has 0 radical (unpaired) electrons. The number of carbonyl (C=O) groups is 4. The number of alkyl halides is 2. The van der Waals surface area contributed by atoms with Gasteiger partial charge in [0.05, 0.1) is 23.5 Å². The molecule has 15 nitrogen and oxygen atoms in total. The van der Waals surface area contributed by atoms with Crippen LogP contribution in [0.15, 0.2) is 48.8 Å². The van der Waals surface area contributed by atoms with Crippen molar-refractivity contribution >= 4 is 62.6 Å². The number of amides is 3. The average Bonchev–Trinajstić information content (AvgIpc) is 3.95. The maximum Gasteiger partial charge on any atom is 0.387 e. The van der Waals surface area contributed by atoms with E-state index in [1.54, 1.807) is 4.90 Å². The second kappa shape index (κ2) is 17.8. The zero-order valence-electron chi connectivity index (χ0n) is 30.6. The Kier molecular flexibility index (Phi) is 13.1. The minimum atomic E-state index is -3.85. The van der Waals surface area contributed by atoms with E-state index < -0.39 is 47.1 Å². The van der Waals surface area contributed by atoms with Crippen LogP contribution in [-0.4, -0.2) is 105 Å². The molecule has 2 aromatic carbocycles. The molecular weight excluding hydrogens is 815 g/mol. The van der Waals surface area contributed by atoms with Gasteiger partial charge in [-0.1, -0.05) is 29.3 Å². The van der Waals surface area contributed by atoms with Gasteiger partial charge in [-0.3, -0.25) is 33.7 Å². The Morgan fingerprint density at radius 1 is 0.982 bits per heavy atom. The van der Waals surface area contributed by atoms with Crippen LogP contribution in [0.2, 0.25) is 10.0 Å². The van der Waals surface area contributed by atoms with Gasteiger partial charge in [0.25, 0.3) is 11.8 Å². The second-order valence-corrected chi connectivity index (χ2v) is 16.5. The Labute approximate surface area is 337 Å². The molecule has 2 aliphatic heterocycles. The Balaban J connectivity index is 1.14. The highest BCUT2D eigenvalue weighted by Gasteiger charge is 2.38. The second-order valence-electron chi connectivity index (χ2n) is 13.9. The van der Waals surface area contributed by atoms with E-state index in [0.29, 0.717) is 48.8 Å². The van der Waals surface area contributed by atoms with Crippen LogP contribution in [0.25, 0.3) is 0 Å². The number of halogens is 4. The van der Waals surface area contributed by atoms with E-state index in [1.165, 1.54) is 43.3 Å². The minimum Gasteiger partial charge on any atom is -0.619 e. The predicted octanol–water partition coefficient (Wildman–Crippen LogP) is 4.44. The number of imide groups is 1. The van der Waals surface area contributed by atoms with Crippen molar-refractivity contribution in [2.24, 2.45) is 5.92 Å². The number of nitrogens with one attached hydrogen (secondary N) is 1. The Morgan fingerprint density at radius 2 is 1.67 bits per heavy atom. The van der Waals surface area contributed by atoms with Crippen molar-refractivity contribution in [2.45, 2.75) is 45.3 Å².